The first kappa shape index (κ1) is 29.4. The zero-order chi connectivity index (χ0) is 29.0. The highest BCUT2D eigenvalue weighted by molar-refractivity contribution is 5.93. The molecule has 3 N–H and O–H groups in total. The molecule has 41 heavy (non-hydrogen) atoms. The molecular weight excluding hydrogens is 522 g/mol. The van der Waals surface area contributed by atoms with Gasteiger partial charge in [0.05, 0.1) is 12.6 Å². The Morgan fingerprint density at radius 1 is 0.805 bits per heavy atom. The second-order valence-electron chi connectivity index (χ2n) is 10.2. The average Bonchev–Trinajstić information content (AvgIpc) is 3.46. The van der Waals surface area contributed by atoms with E-state index < -0.39 is 24.1 Å². The van der Waals surface area contributed by atoms with Crippen LogP contribution >= 0.6 is 0 Å². The molecule has 10 nitrogen and oxygen atoms in total. The van der Waals surface area contributed by atoms with Gasteiger partial charge in [0.1, 0.15) is 30.3 Å². The fraction of sp³-hybridized carbons (Fsp3) is 0.323. The SMILES string of the molecule is CC(C)C[C@H](NC(=O)OCc1ccccc1)C(=O)N[C@@H](Cc1ccccc1)C(=O)COCc1cccc2n[nH]nc12. The van der Waals surface area contributed by atoms with Crippen LogP contribution in [0.15, 0.2) is 78.9 Å². The molecule has 0 radical (unpaired) electrons. The lowest BCUT2D eigenvalue weighted by molar-refractivity contribution is -0.131. The molecule has 0 spiro atoms. The van der Waals surface area contributed by atoms with E-state index in [1.807, 2.05) is 92.7 Å². The summed E-state index contributed by atoms with van der Waals surface area (Å²) in [6.07, 6.45) is -0.0528. The Morgan fingerprint density at radius 3 is 2.22 bits per heavy atom. The zero-order valence-electron chi connectivity index (χ0n) is 23.2. The number of benzene rings is 3. The number of nitrogens with one attached hydrogen (secondary N) is 3. The van der Waals surface area contributed by atoms with Crippen molar-refractivity contribution >= 4 is 28.8 Å². The van der Waals surface area contributed by atoms with Crippen molar-refractivity contribution in [1.82, 2.24) is 26.0 Å². The van der Waals surface area contributed by atoms with Crippen molar-refractivity contribution in [2.45, 2.75) is 52.0 Å². The molecule has 10 heteroatoms. The number of carbonyl (C=O) groups is 3. The largest absolute Gasteiger partial charge is 0.445 e. The maximum Gasteiger partial charge on any atom is 0.408 e. The van der Waals surface area contributed by atoms with Crippen LogP contribution in [-0.2, 0) is 38.7 Å². The molecule has 0 aliphatic rings. The van der Waals surface area contributed by atoms with Gasteiger partial charge >= 0.3 is 6.09 Å². The number of fused-ring (bicyclic) bond motifs is 1. The highest BCUT2D eigenvalue weighted by atomic mass is 16.5. The lowest BCUT2D eigenvalue weighted by atomic mass is 10.00. The number of nitrogens with zero attached hydrogens (tertiary/aromatic N) is 2. The summed E-state index contributed by atoms with van der Waals surface area (Å²) in [5.41, 5.74) is 3.89. The standard InChI is InChI=1S/C31H35N5O5/c1-21(2)16-27(33-31(39)41-18-23-12-7-4-8-13-23)30(38)32-26(17-22-10-5-3-6-11-22)28(37)20-40-19-24-14-9-15-25-29(24)35-36-34-25/h3-15,21,26-27H,16-20H2,1-2H3,(H,32,38)(H,33,39)(H,34,35,36)/t26-,27-/m0/s1. The van der Waals surface area contributed by atoms with Crippen LogP contribution in [0.3, 0.4) is 0 Å². The fourth-order valence-electron chi connectivity index (χ4n) is 4.38. The first-order valence-electron chi connectivity index (χ1n) is 13.6. The quantitative estimate of drug-likeness (QED) is 0.212. The molecule has 3 aromatic carbocycles. The Balaban J connectivity index is 1.40. The fourth-order valence-corrected chi connectivity index (χ4v) is 4.38. The van der Waals surface area contributed by atoms with Gasteiger partial charge in [0, 0.05) is 5.56 Å². The predicted molar refractivity (Wildman–Crippen MR) is 154 cm³/mol. The molecule has 1 aromatic heterocycles. The number of carbonyl (C=O) groups excluding carboxylic acids is 3. The third-order valence-corrected chi connectivity index (χ3v) is 6.45. The van der Waals surface area contributed by atoms with Crippen LogP contribution in [0.1, 0.15) is 37.0 Å². The van der Waals surface area contributed by atoms with Crippen molar-refractivity contribution < 1.29 is 23.9 Å². The Labute approximate surface area is 238 Å². The highest BCUT2D eigenvalue weighted by Gasteiger charge is 2.28. The number of Topliss-reactive ketones (excluding diaryl/α,β-unsaturated/α-hetero) is 1. The molecule has 0 saturated carbocycles. The van der Waals surface area contributed by atoms with Gasteiger partial charge in [-0.25, -0.2) is 4.79 Å². The maximum absolute atomic E-state index is 13.4. The van der Waals surface area contributed by atoms with Gasteiger partial charge in [-0.1, -0.05) is 86.6 Å². The van der Waals surface area contributed by atoms with Gasteiger partial charge in [-0.05, 0) is 36.0 Å². The minimum absolute atomic E-state index is 0.0806. The molecule has 4 rings (SSSR count). The van der Waals surface area contributed by atoms with E-state index >= 15 is 0 Å². The summed E-state index contributed by atoms with van der Waals surface area (Å²) in [6.45, 7) is 3.93. The molecule has 0 aliphatic heterocycles. The normalized spacial score (nSPS) is 12.6. The highest BCUT2D eigenvalue weighted by Crippen LogP contribution is 2.15. The first-order chi connectivity index (χ1) is 19.9. The van der Waals surface area contributed by atoms with E-state index in [0.29, 0.717) is 17.5 Å². The minimum atomic E-state index is -0.880. The predicted octanol–water partition coefficient (Wildman–Crippen LogP) is 4.11. The van der Waals surface area contributed by atoms with Gasteiger partial charge in [-0.2, -0.15) is 15.4 Å². The minimum Gasteiger partial charge on any atom is -0.445 e. The third-order valence-electron chi connectivity index (χ3n) is 6.45. The number of hydrogen-bond acceptors (Lipinski definition) is 7. The second kappa shape index (κ2) is 14.7. The van der Waals surface area contributed by atoms with E-state index in [4.69, 9.17) is 9.47 Å². The molecule has 0 saturated heterocycles. The molecule has 4 aromatic rings. The van der Waals surface area contributed by atoms with E-state index in [0.717, 1.165) is 16.7 Å². The number of hydrogen-bond donors (Lipinski definition) is 3. The van der Waals surface area contributed by atoms with E-state index in [9.17, 15) is 14.4 Å². The van der Waals surface area contributed by atoms with E-state index in [2.05, 4.69) is 26.0 Å². The molecule has 0 aliphatic carbocycles. The molecule has 0 unspecified atom stereocenters. The first-order valence-corrected chi connectivity index (χ1v) is 13.6. The number of aromatic amines is 1. The van der Waals surface area contributed by atoms with Crippen molar-refractivity contribution in [2.24, 2.45) is 5.92 Å². The second-order valence-corrected chi connectivity index (χ2v) is 10.2. The van der Waals surface area contributed by atoms with Crippen molar-refractivity contribution in [1.29, 1.82) is 0 Å². The van der Waals surface area contributed by atoms with Gasteiger partial charge in [-0.15, -0.1) is 0 Å². The molecule has 2 amide bonds. The summed E-state index contributed by atoms with van der Waals surface area (Å²) in [5.74, 6) is -0.646. The summed E-state index contributed by atoms with van der Waals surface area (Å²) < 4.78 is 11.1. The van der Waals surface area contributed by atoms with Crippen molar-refractivity contribution in [3.8, 4) is 0 Å². The van der Waals surface area contributed by atoms with Crippen molar-refractivity contribution in [2.75, 3.05) is 6.61 Å². The van der Waals surface area contributed by atoms with Crippen LogP contribution in [-0.4, -0.2) is 51.9 Å². The molecule has 1 heterocycles. The van der Waals surface area contributed by atoms with E-state index in [-0.39, 0.29) is 37.9 Å². The van der Waals surface area contributed by atoms with Crippen LogP contribution in [0.5, 0.6) is 0 Å². The summed E-state index contributed by atoms with van der Waals surface area (Å²) in [6, 6.07) is 22.5. The summed E-state index contributed by atoms with van der Waals surface area (Å²) in [7, 11) is 0. The van der Waals surface area contributed by atoms with Gasteiger partial charge in [0.25, 0.3) is 0 Å². The number of aromatic nitrogens is 3. The Kier molecular flexibility index (Phi) is 10.6. The van der Waals surface area contributed by atoms with Crippen molar-refractivity contribution in [3.05, 3.63) is 95.6 Å². The smallest absolute Gasteiger partial charge is 0.408 e. The lowest BCUT2D eigenvalue weighted by Gasteiger charge is -2.24. The van der Waals surface area contributed by atoms with Crippen LogP contribution in [0.4, 0.5) is 4.79 Å². The Hall–Kier alpha value is -4.57. The van der Waals surface area contributed by atoms with Gasteiger partial charge in [0.15, 0.2) is 5.78 Å². The molecule has 214 valence electrons. The number of H-pyrrole nitrogens is 1. The van der Waals surface area contributed by atoms with Gasteiger partial charge in [0.2, 0.25) is 5.91 Å². The molecule has 0 bridgehead atoms. The monoisotopic (exact) mass is 557 g/mol. The van der Waals surface area contributed by atoms with Crippen LogP contribution < -0.4 is 10.6 Å². The number of ketones is 1. The van der Waals surface area contributed by atoms with E-state index in [1.165, 1.54) is 0 Å². The zero-order valence-corrected chi connectivity index (χ0v) is 23.2. The Bertz CT molecular complexity index is 1420. The number of rotatable bonds is 14. The third kappa shape index (κ3) is 8.97. The topological polar surface area (TPSA) is 135 Å². The van der Waals surface area contributed by atoms with Crippen molar-refractivity contribution in [3.63, 3.8) is 0 Å². The van der Waals surface area contributed by atoms with Crippen LogP contribution in [0.2, 0.25) is 0 Å². The lowest BCUT2D eigenvalue weighted by Crippen LogP contribution is -2.53. The van der Waals surface area contributed by atoms with Crippen LogP contribution in [0.25, 0.3) is 11.0 Å². The van der Waals surface area contributed by atoms with Gasteiger partial charge in [-0.3, -0.25) is 9.59 Å². The number of para-hydroxylation sites is 1. The summed E-state index contributed by atoms with van der Waals surface area (Å²) in [4.78, 5) is 39.3. The number of ether oxygens (including phenoxy) is 2. The maximum atomic E-state index is 13.4. The number of amides is 2. The molecule has 0 fully saturated rings. The summed E-state index contributed by atoms with van der Waals surface area (Å²) >= 11 is 0. The van der Waals surface area contributed by atoms with E-state index in [1.54, 1.807) is 0 Å². The molecule has 2 atom stereocenters. The Morgan fingerprint density at radius 2 is 1.51 bits per heavy atom. The van der Waals surface area contributed by atoms with Crippen LogP contribution in [0, 0.1) is 5.92 Å². The number of alkyl carbamates (subject to hydrolysis) is 1. The van der Waals surface area contributed by atoms with Gasteiger partial charge < -0.3 is 20.1 Å². The summed E-state index contributed by atoms with van der Waals surface area (Å²) in [5, 5.41) is 16.3. The average molecular weight is 558 g/mol. The molecular formula is C31H35N5O5.